The Morgan fingerprint density at radius 2 is 1.73 bits per heavy atom. The van der Waals surface area contributed by atoms with Crippen molar-refractivity contribution in [3.05, 3.63) is 64.2 Å². The molecule has 0 aromatic heterocycles. The van der Waals surface area contributed by atoms with Crippen LogP contribution in [-0.4, -0.2) is 67.0 Å². The zero-order chi connectivity index (χ0) is 24.1. The minimum absolute atomic E-state index is 0.0307. The summed E-state index contributed by atoms with van der Waals surface area (Å²) in [6, 6.07) is 11.3. The van der Waals surface area contributed by atoms with Crippen LogP contribution in [-0.2, 0) is 9.59 Å². The van der Waals surface area contributed by atoms with Crippen molar-refractivity contribution in [1.29, 1.82) is 0 Å². The van der Waals surface area contributed by atoms with Gasteiger partial charge in [0.2, 0.25) is 0 Å². The Labute approximate surface area is 199 Å². The van der Waals surface area contributed by atoms with Crippen LogP contribution >= 0.6 is 11.6 Å². The van der Waals surface area contributed by atoms with E-state index < -0.39 is 17.7 Å². The number of halogens is 1. The van der Waals surface area contributed by atoms with Crippen LogP contribution in [0.4, 0.5) is 0 Å². The van der Waals surface area contributed by atoms with Crippen molar-refractivity contribution in [3.63, 3.8) is 0 Å². The summed E-state index contributed by atoms with van der Waals surface area (Å²) in [4.78, 5) is 29.5. The number of carbonyl (C=O) groups is 2. The Morgan fingerprint density at radius 3 is 2.30 bits per heavy atom. The molecule has 0 bridgehead atoms. The lowest BCUT2D eigenvalue weighted by Crippen LogP contribution is -2.35. The lowest BCUT2D eigenvalue weighted by molar-refractivity contribution is -0.140. The van der Waals surface area contributed by atoms with Crippen molar-refractivity contribution in [2.45, 2.75) is 19.9 Å². The van der Waals surface area contributed by atoms with Gasteiger partial charge in [-0.3, -0.25) is 9.59 Å². The summed E-state index contributed by atoms with van der Waals surface area (Å²) in [6.45, 7) is 5.60. The molecule has 0 spiro atoms. The fraction of sp³-hybridized carbons (Fsp3) is 0.360. The first-order valence-corrected chi connectivity index (χ1v) is 11.2. The van der Waals surface area contributed by atoms with Crippen molar-refractivity contribution < 1.29 is 24.2 Å². The van der Waals surface area contributed by atoms with E-state index in [4.69, 9.17) is 21.1 Å². The second-order valence-electron chi connectivity index (χ2n) is 7.88. The SMILES string of the molecule is CCOc1ccc([C@H]2/C(=C(\O)c3ccc(OCC)c(Cl)c3)C(=O)C(=O)N2CCN(C)C)cc1. The minimum atomic E-state index is -0.731. The molecule has 1 saturated heterocycles. The van der Waals surface area contributed by atoms with Crippen LogP contribution in [0.25, 0.3) is 5.76 Å². The van der Waals surface area contributed by atoms with E-state index in [0.717, 1.165) is 0 Å². The molecule has 7 nitrogen and oxygen atoms in total. The number of likely N-dealkylation sites (tertiary alicyclic amines) is 1. The molecule has 1 aliphatic heterocycles. The molecular formula is C25H29ClN2O5. The molecule has 0 aliphatic carbocycles. The number of rotatable bonds is 9. The maximum atomic E-state index is 13.1. The summed E-state index contributed by atoms with van der Waals surface area (Å²) >= 11 is 6.30. The highest BCUT2D eigenvalue weighted by Gasteiger charge is 2.45. The molecule has 2 aromatic carbocycles. The fourth-order valence-electron chi connectivity index (χ4n) is 3.75. The van der Waals surface area contributed by atoms with E-state index in [1.807, 2.05) is 45.0 Å². The Kier molecular flexibility index (Phi) is 8.00. The normalized spacial score (nSPS) is 17.6. The summed E-state index contributed by atoms with van der Waals surface area (Å²) in [6.07, 6.45) is 0. The topological polar surface area (TPSA) is 79.3 Å². The molecule has 0 unspecified atom stereocenters. The highest BCUT2D eigenvalue weighted by atomic mass is 35.5. The standard InChI is InChI=1S/C25H29ClN2O5/c1-5-32-18-10-7-16(8-11-18)22-21(24(30)25(31)28(22)14-13-27(3)4)23(29)17-9-12-20(33-6-2)19(26)15-17/h7-12,15,22,29H,5-6,13-14H2,1-4H3/b23-21+/t22-/m0/s1. The number of benzene rings is 2. The van der Waals surface area contributed by atoms with Crippen molar-refractivity contribution in [2.24, 2.45) is 0 Å². The first-order chi connectivity index (χ1) is 15.8. The van der Waals surface area contributed by atoms with E-state index in [0.29, 0.717) is 54.0 Å². The Bertz CT molecular complexity index is 1050. The first-order valence-electron chi connectivity index (χ1n) is 10.9. The molecular weight excluding hydrogens is 444 g/mol. The maximum absolute atomic E-state index is 13.1. The predicted octanol–water partition coefficient (Wildman–Crippen LogP) is 4.12. The molecule has 1 amide bonds. The zero-order valence-electron chi connectivity index (χ0n) is 19.3. The fourth-order valence-corrected chi connectivity index (χ4v) is 3.99. The number of ketones is 1. The van der Waals surface area contributed by atoms with E-state index in [1.165, 1.54) is 11.0 Å². The van der Waals surface area contributed by atoms with Crippen LogP contribution in [0.5, 0.6) is 11.5 Å². The average molecular weight is 473 g/mol. The summed E-state index contributed by atoms with van der Waals surface area (Å²) in [5.41, 5.74) is 1.07. The third-order valence-electron chi connectivity index (χ3n) is 5.34. The van der Waals surface area contributed by atoms with E-state index >= 15 is 0 Å². The Morgan fingerprint density at radius 1 is 1.06 bits per heavy atom. The van der Waals surface area contributed by atoms with Crippen molar-refractivity contribution >= 4 is 29.1 Å². The van der Waals surface area contributed by atoms with Crippen LogP contribution < -0.4 is 9.47 Å². The summed E-state index contributed by atoms with van der Waals surface area (Å²) < 4.78 is 11.0. The molecule has 1 atom stereocenters. The second-order valence-corrected chi connectivity index (χ2v) is 8.28. The lowest BCUT2D eigenvalue weighted by atomic mass is 9.95. The average Bonchev–Trinajstić information content (AvgIpc) is 3.04. The van der Waals surface area contributed by atoms with Gasteiger partial charge in [-0.2, -0.15) is 0 Å². The van der Waals surface area contributed by atoms with Gasteiger partial charge in [0.1, 0.15) is 17.3 Å². The maximum Gasteiger partial charge on any atom is 0.295 e. The van der Waals surface area contributed by atoms with Gasteiger partial charge in [0.25, 0.3) is 11.7 Å². The van der Waals surface area contributed by atoms with E-state index in [2.05, 4.69) is 0 Å². The highest BCUT2D eigenvalue weighted by molar-refractivity contribution is 6.46. The van der Waals surface area contributed by atoms with Gasteiger partial charge in [0, 0.05) is 18.7 Å². The minimum Gasteiger partial charge on any atom is -0.507 e. The number of amides is 1. The van der Waals surface area contributed by atoms with Crippen LogP contribution in [0.3, 0.4) is 0 Å². The van der Waals surface area contributed by atoms with E-state index in [-0.39, 0.29) is 11.3 Å². The monoisotopic (exact) mass is 472 g/mol. The number of Topliss-reactive ketones (excluding diaryl/α,β-unsaturated/α-hetero) is 1. The van der Waals surface area contributed by atoms with Crippen LogP contribution in [0, 0.1) is 0 Å². The van der Waals surface area contributed by atoms with Gasteiger partial charge in [0.15, 0.2) is 0 Å². The van der Waals surface area contributed by atoms with Gasteiger partial charge in [-0.15, -0.1) is 0 Å². The van der Waals surface area contributed by atoms with Gasteiger partial charge >= 0.3 is 0 Å². The van der Waals surface area contributed by atoms with E-state index in [1.54, 1.807) is 24.3 Å². The van der Waals surface area contributed by atoms with Crippen LogP contribution in [0.2, 0.25) is 5.02 Å². The number of aliphatic hydroxyl groups is 1. The molecule has 0 saturated carbocycles. The summed E-state index contributed by atoms with van der Waals surface area (Å²) in [5, 5.41) is 11.5. The second kappa shape index (κ2) is 10.7. The molecule has 0 radical (unpaired) electrons. The summed E-state index contributed by atoms with van der Waals surface area (Å²) in [7, 11) is 3.79. The molecule has 1 N–H and O–H groups in total. The molecule has 8 heteroatoms. The van der Waals surface area contributed by atoms with Crippen molar-refractivity contribution in [3.8, 4) is 11.5 Å². The van der Waals surface area contributed by atoms with Crippen molar-refractivity contribution in [1.82, 2.24) is 9.80 Å². The third kappa shape index (κ3) is 5.31. The molecule has 1 aliphatic rings. The number of nitrogens with zero attached hydrogens (tertiary/aromatic N) is 2. The van der Waals surface area contributed by atoms with Gasteiger partial charge in [0.05, 0.1) is 29.9 Å². The Hall–Kier alpha value is -3.03. The lowest BCUT2D eigenvalue weighted by Gasteiger charge is -2.26. The van der Waals surface area contributed by atoms with Gasteiger partial charge in [-0.1, -0.05) is 23.7 Å². The molecule has 33 heavy (non-hydrogen) atoms. The molecule has 3 rings (SSSR count). The van der Waals surface area contributed by atoms with Gasteiger partial charge in [-0.05, 0) is 63.8 Å². The van der Waals surface area contributed by atoms with Gasteiger partial charge < -0.3 is 24.4 Å². The van der Waals surface area contributed by atoms with Crippen LogP contribution in [0.1, 0.15) is 31.0 Å². The molecule has 1 fully saturated rings. The predicted molar refractivity (Wildman–Crippen MR) is 128 cm³/mol. The third-order valence-corrected chi connectivity index (χ3v) is 5.64. The Balaban J connectivity index is 2.10. The van der Waals surface area contributed by atoms with Gasteiger partial charge in [-0.25, -0.2) is 0 Å². The first kappa shape index (κ1) is 24.6. The number of aliphatic hydroxyl groups excluding tert-OH is 1. The summed E-state index contributed by atoms with van der Waals surface area (Å²) in [5.74, 6) is -0.482. The zero-order valence-corrected chi connectivity index (χ0v) is 20.1. The van der Waals surface area contributed by atoms with E-state index in [9.17, 15) is 14.7 Å². The molecule has 2 aromatic rings. The number of hydrogen-bond donors (Lipinski definition) is 1. The number of likely N-dealkylation sites (N-methyl/N-ethyl adjacent to an activating group) is 1. The van der Waals surface area contributed by atoms with Crippen LogP contribution in [0.15, 0.2) is 48.0 Å². The largest absolute Gasteiger partial charge is 0.507 e. The number of hydrogen-bond acceptors (Lipinski definition) is 6. The molecule has 1 heterocycles. The highest BCUT2D eigenvalue weighted by Crippen LogP contribution is 2.40. The quantitative estimate of drug-likeness (QED) is 0.336. The van der Waals surface area contributed by atoms with Crippen molar-refractivity contribution in [2.75, 3.05) is 40.4 Å². The smallest absolute Gasteiger partial charge is 0.295 e. The number of carbonyl (C=O) groups excluding carboxylic acids is 2. The number of ether oxygens (including phenoxy) is 2. The molecule has 176 valence electrons.